The lowest BCUT2D eigenvalue weighted by Gasteiger charge is -2.10. The minimum absolute atomic E-state index is 0.585. The fourth-order valence-electron chi connectivity index (χ4n) is 4.63. The Morgan fingerprint density at radius 3 is 2.00 bits per heavy atom. The standard InChI is InChI=1S/C31H19N3O/c1-3-11-20(12-4-1)27-24-17-9-10-18-26(24)32-30(33-27)25-19-22-15-7-8-16-23(22)29-28(25)34-31(35-29)21-13-5-2-6-14-21/h1-19H. The van der Waals surface area contributed by atoms with Crippen molar-refractivity contribution in [1.82, 2.24) is 15.0 Å². The van der Waals surface area contributed by atoms with Crippen molar-refractivity contribution < 1.29 is 4.42 Å². The van der Waals surface area contributed by atoms with Gasteiger partial charge in [-0.05, 0) is 29.7 Å². The molecule has 7 rings (SSSR count). The maximum atomic E-state index is 6.37. The maximum Gasteiger partial charge on any atom is 0.227 e. The van der Waals surface area contributed by atoms with Crippen LogP contribution in [0.4, 0.5) is 0 Å². The Labute approximate surface area is 201 Å². The molecule has 4 heteroatoms. The van der Waals surface area contributed by atoms with Gasteiger partial charge in [-0.15, -0.1) is 0 Å². The normalized spacial score (nSPS) is 11.4. The van der Waals surface area contributed by atoms with Crippen molar-refractivity contribution in [2.75, 3.05) is 0 Å². The van der Waals surface area contributed by atoms with Gasteiger partial charge in [0, 0.05) is 27.5 Å². The largest absolute Gasteiger partial charge is 0.435 e. The number of nitrogens with zero attached hydrogens (tertiary/aromatic N) is 3. The van der Waals surface area contributed by atoms with Gasteiger partial charge in [0.1, 0.15) is 5.52 Å². The summed E-state index contributed by atoms with van der Waals surface area (Å²) in [4.78, 5) is 15.0. The molecule has 0 saturated heterocycles. The van der Waals surface area contributed by atoms with Crippen LogP contribution in [0.5, 0.6) is 0 Å². The molecule has 0 aliphatic rings. The minimum Gasteiger partial charge on any atom is -0.435 e. The Hall–Kier alpha value is -4.83. The molecule has 0 aliphatic carbocycles. The smallest absolute Gasteiger partial charge is 0.227 e. The Balaban J connectivity index is 1.56. The lowest BCUT2D eigenvalue weighted by molar-refractivity contribution is 0.623. The van der Waals surface area contributed by atoms with Crippen molar-refractivity contribution >= 4 is 32.8 Å². The van der Waals surface area contributed by atoms with E-state index in [1.165, 1.54) is 0 Å². The van der Waals surface area contributed by atoms with Crippen molar-refractivity contribution in [3.05, 3.63) is 115 Å². The molecule has 2 aromatic heterocycles. The third-order valence-electron chi connectivity index (χ3n) is 6.30. The van der Waals surface area contributed by atoms with E-state index < -0.39 is 0 Å². The molecule has 4 nitrogen and oxygen atoms in total. The van der Waals surface area contributed by atoms with Crippen molar-refractivity contribution in [2.45, 2.75) is 0 Å². The van der Waals surface area contributed by atoms with E-state index in [1.807, 2.05) is 78.9 Å². The summed E-state index contributed by atoms with van der Waals surface area (Å²) in [5.74, 6) is 1.22. The van der Waals surface area contributed by atoms with E-state index >= 15 is 0 Å². The summed E-state index contributed by atoms with van der Waals surface area (Å²) in [6, 6.07) is 38.7. The highest BCUT2D eigenvalue weighted by Gasteiger charge is 2.19. The van der Waals surface area contributed by atoms with Crippen molar-refractivity contribution in [1.29, 1.82) is 0 Å². The number of rotatable bonds is 3. The second-order valence-corrected chi connectivity index (χ2v) is 8.49. The number of para-hydroxylation sites is 1. The van der Waals surface area contributed by atoms with Crippen LogP contribution in [-0.4, -0.2) is 15.0 Å². The van der Waals surface area contributed by atoms with E-state index in [9.17, 15) is 0 Å². The number of hydrogen-bond donors (Lipinski definition) is 0. The number of aromatic nitrogens is 3. The van der Waals surface area contributed by atoms with Gasteiger partial charge in [0.25, 0.3) is 0 Å². The van der Waals surface area contributed by atoms with Crippen LogP contribution in [0.3, 0.4) is 0 Å². The topological polar surface area (TPSA) is 51.8 Å². The Bertz CT molecular complexity index is 1840. The highest BCUT2D eigenvalue weighted by Crippen LogP contribution is 2.37. The molecule has 0 radical (unpaired) electrons. The third kappa shape index (κ3) is 3.27. The fraction of sp³-hybridized carbons (Fsp3) is 0. The van der Waals surface area contributed by atoms with Crippen LogP contribution >= 0.6 is 0 Å². The third-order valence-corrected chi connectivity index (χ3v) is 6.30. The molecule has 0 fully saturated rings. The average molecular weight is 450 g/mol. The lowest BCUT2D eigenvalue weighted by atomic mass is 10.0. The van der Waals surface area contributed by atoms with Gasteiger partial charge in [-0.1, -0.05) is 91.0 Å². The zero-order valence-electron chi connectivity index (χ0n) is 18.7. The zero-order valence-corrected chi connectivity index (χ0v) is 18.7. The van der Waals surface area contributed by atoms with E-state index in [-0.39, 0.29) is 0 Å². The first-order valence-corrected chi connectivity index (χ1v) is 11.6. The predicted octanol–water partition coefficient (Wildman–Crippen LogP) is 7.93. The van der Waals surface area contributed by atoms with Crippen LogP contribution in [0.25, 0.3) is 66.9 Å². The van der Waals surface area contributed by atoms with Crippen molar-refractivity contribution in [3.63, 3.8) is 0 Å². The minimum atomic E-state index is 0.585. The van der Waals surface area contributed by atoms with Gasteiger partial charge >= 0.3 is 0 Å². The summed E-state index contributed by atoms with van der Waals surface area (Å²) in [5, 5.41) is 3.10. The molecule has 0 bridgehead atoms. The second-order valence-electron chi connectivity index (χ2n) is 8.49. The lowest BCUT2D eigenvalue weighted by Crippen LogP contribution is -1.96. The molecule has 7 aromatic rings. The van der Waals surface area contributed by atoms with Crippen LogP contribution in [0.1, 0.15) is 0 Å². The molecule has 35 heavy (non-hydrogen) atoms. The Kier molecular flexibility index (Phi) is 4.42. The van der Waals surface area contributed by atoms with E-state index in [0.717, 1.165) is 55.2 Å². The molecule has 0 amide bonds. The van der Waals surface area contributed by atoms with E-state index in [1.54, 1.807) is 0 Å². The van der Waals surface area contributed by atoms with E-state index in [4.69, 9.17) is 19.4 Å². The van der Waals surface area contributed by atoms with Gasteiger partial charge in [0.05, 0.1) is 11.2 Å². The molecular weight excluding hydrogens is 430 g/mol. The molecule has 0 aliphatic heterocycles. The molecular formula is C31H19N3O. The molecule has 5 aromatic carbocycles. The number of fused-ring (bicyclic) bond motifs is 4. The quantitative estimate of drug-likeness (QED) is 0.275. The van der Waals surface area contributed by atoms with Crippen molar-refractivity contribution in [3.8, 4) is 34.1 Å². The molecule has 0 unspecified atom stereocenters. The number of oxazole rings is 1. The van der Waals surface area contributed by atoms with Gasteiger partial charge in [0.2, 0.25) is 5.89 Å². The molecule has 0 atom stereocenters. The van der Waals surface area contributed by atoms with Crippen LogP contribution in [0.2, 0.25) is 0 Å². The first-order valence-electron chi connectivity index (χ1n) is 11.6. The molecule has 0 N–H and O–H groups in total. The van der Waals surface area contributed by atoms with E-state index in [0.29, 0.717) is 11.7 Å². The molecule has 164 valence electrons. The first kappa shape index (κ1) is 19.6. The monoisotopic (exact) mass is 449 g/mol. The van der Waals surface area contributed by atoms with Crippen LogP contribution in [0.15, 0.2) is 120 Å². The van der Waals surface area contributed by atoms with Crippen molar-refractivity contribution in [2.24, 2.45) is 0 Å². The number of benzene rings is 5. The van der Waals surface area contributed by atoms with Gasteiger partial charge in [-0.25, -0.2) is 15.0 Å². The zero-order chi connectivity index (χ0) is 23.2. The fourth-order valence-corrected chi connectivity index (χ4v) is 4.63. The van der Waals surface area contributed by atoms with Gasteiger partial charge < -0.3 is 4.42 Å². The Morgan fingerprint density at radius 1 is 0.543 bits per heavy atom. The maximum absolute atomic E-state index is 6.37. The van der Waals surface area contributed by atoms with Crippen LogP contribution in [0, 0.1) is 0 Å². The highest BCUT2D eigenvalue weighted by atomic mass is 16.3. The summed E-state index contributed by atoms with van der Waals surface area (Å²) in [6.45, 7) is 0. The average Bonchev–Trinajstić information content (AvgIpc) is 3.39. The highest BCUT2D eigenvalue weighted by molar-refractivity contribution is 6.10. The summed E-state index contributed by atoms with van der Waals surface area (Å²) in [6.07, 6.45) is 0. The van der Waals surface area contributed by atoms with Crippen LogP contribution in [-0.2, 0) is 0 Å². The molecule has 2 heterocycles. The first-order chi connectivity index (χ1) is 17.3. The summed E-state index contributed by atoms with van der Waals surface area (Å²) >= 11 is 0. The summed E-state index contributed by atoms with van der Waals surface area (Å²) < 4.78 is 6.37. The SMILES string of the molecule is c1ccc(-c2nc3c(-c4nc(-c5ccccc5)c5ccccc5n4)cc4ccccc4c3o2)cc1. The number of hydrogen-bond acceptors (Lipinski definition) is 4. The summed E-state index contributed by atoms with van der Waals surface area (Å²) in [7, 11) is 0. The summed E-state index contributed by atoms with van der Waals surface area (Å²) in [5.41, 5.74) is 6.14. The molecule has 0 spiro atoms. The van der Waals surface area contributed by atoms with E-state index in [2.05, 4.69) is 36.4 Å². The van der Waals surface area contributed by atoms with Gasteiger partial charge in [0.15, 0.2) is 11.4 Å². The van der Waals surface area contributed by atoms with Gasteiger partial charge in [-0.2, -0.15) is 0 Å². The predicted molar refractivity (Wildman–Crippen MR) is 141 cm³/mol. The molecule has 0 saturated carbocycles. The van der Waals surface area contributed by atoms with Crippen LogP contribution < -0.4 is 0 Å². The second kappa shape index (κ2) is 7.89. The Morgan fingerprint density at radius 2 is 1.20 bits per heavy atom. The van der Waals surface area contributed by atoms with Gasteiger partial charge in [-0.3, -0.25) is 0 Å².